The van der Waals surface area contributed by atoms with Gasteiger partial charge < -0.3 is 15.2 Å². The summed E-state index contributed by atoms with van der Waals surface area (Å²) in [4.78, 5) is 10.7. The van der Waals surface area contributed by atoms with Gasteiger partial charge in [-0.1, -0.05) is 12.1 Å². The Labute approximate surface area is 107 Å². The maximum atomic E-state index is 10.7. The topological polar surface area (TPSA) is 58.6 Å². The molecule has 1 aromatic rings. The minimum Gasteiger partial charge on any atom is -0.478 e. The van der Waals surface area contributed by atoms with E-state index in [9.17, 15) is 4.79 Å². The molecule has 1 heterocycles. The predicted molar refractivity (Wildman–Crippen MR) is 68.7 cm³/mol. The van der Waals surface area contributed by atoms with Gasteiger partial charge in [0, 0.05) is 19.8 Å². The maximum absolute atomic E-state index is 10.7. The summed E-state index contributed by atoms with van der Waals surface area (Å²) in [5.41, 5.74) is 1.45. The van der Waals surface area contributed by atoms with Gasteiger partial charge in [0.1, 0.15) is 0 Å². The van der Waals surface area contributed by atoms with Crippen molar-refractivity contribution in [3.05, 3.63) is 35.4 Å². The number of nitrogens with one attached hydrogen (secondary N) is 1. The average molecular weight is 249 g/mol. The molecule has 1 saturated heterocycles. The molecule has 0 amide bonds. The first-order chi connectivity index (χ1) is 8.75. The maximum Gasteiger partial charge on any atom is 0.335 e. The van der Waals surface area contributed by atoms with Gasteiger partial charge in [0.2, 0.25) is 0 Å². The van der Waals surface area contributed by atoms with Crippen molar-refractivity contribution in [2.24, 2.45) is 5.92 Å². The number of benzene rings is 1. The number of carbonyl (C=O) groups is 1. The normalized spacial score (nSPS) is 19.0. The molecule has 1 aliphatic heterocycles. The summed E-state index contributed by atoms with van der Waals surface area (Å²) in [6.45, 7) is 3.57. The predicted octanol–water partition coefficient (Wildman–Crippen LogP) is 1.90. The van der Waals surface area contributed by atoms with E-state index in [0.29, 0.717) is 11.5 Å². The van der Waals surface area contributed by atoms with Gasteiger partial charge in [-0.15, -0.1) is 0 Å². The number of carboxylic acid groups (broad SMARTS) is 1. The summed E-state index contributed by atoms with van der Waals surface area (Å²) in [6, 6.07) is 7.00. The number of rotatable bonds is 6. The first-order valence-corrected chi connectivity index (χ1v) is 6.36. The van der Waals surface area contributed by atoms with Crippen LogP contribution in [0.2, 0.25) is 0 Å². The Hall–Kier alpha value is -1.39. The van der Waals surface area contributed by atoms with E-state index in [1.165, 1.54) is 6.42 Å². The molecule has 0 saturated carbocycles. The fourth-order valence-corrected chi connectivity index (χ4v) is 2.12. The van der Waals surface area contributed by atoms with Crippen LogP contribution in [0.4, 0.5) is 0 Å². The molecule has 0 radical (unpaired) electrons. The summed E-state index contributed by atoms with van der Waals surface area (Å²) >= 11 is 0. The Morgan fingerprint density at radius 3 is 2.78 bits per heavy atom. The highest BCUT2D eigenvalue weighted by Crippen LogP contribution is 2.15. The van der Waals surface area contributed by atoms with Crippen LogP contribution in [0.3, 0.4) is 0 Å². The molecule has 4 nitrogen and oxygen atoms in total. The third-order valence-corrected chi connectivity index (χ3v) is 3.28. The van der Waals surface area contributed by atoms with Crippen molar-refractivity contribution in [1.82, 2.24) is 5.32 Å². The van der Waals surface area contributed by atoms with Crippen molar-refractivity contribution in [3.8, 4) is 0 Å². The first-order valence-electron chi connectivity index (χ1n) is 6.36. The smallest absolute Gasteiger partial charge is 0.335 e. The zero-order valence-electron chi connectivity index (χ0n) is 10.4. The lowest BCUT2D eigenvalue weighted by Crippen LogP contribution is -2.18. The molecule has 2 N–H and O–H groups in total. The van der Waals surface area contributed by atoms with Crippen LogP contribution in [0, 0.1) is 5.92 Å². The molecule has 2 rings (SSSR count). The van der Waals surface area contributed by atoms with Crippen molar-refractivity contribution < 1.29 is 14.6 Å². The summed E-state index contributed by atoms with van der Waals surface area (Å²) in [7, 11) is 0. The largest absolute Gasteiger partial charge is 0.478 e. The molecule has 0 aliphatic carbocycles. The number of ether oxygens (including phenoxy) is 1. The van der Waals surface area contributed by atoms with Gasteiger partial charge in [0.25, 0.3) is 0 Å². The number of hydrogen-bond donors (Lipinski definition) is 2. The van der Waals surface area contributed by atoms with Gasteiger partial charge in [-0.05, 0) is 43.0 Å². The van der Waals surface area contributed by atoms with Crippen molar-refractivity contribution in [2.45, 2.75) is 19.4 Å². The average Bonchev–Trinajstić information content (AvgIpc) is 2.88. The van der Waals surface area contributed by atoms with E-state index in [4.69, 9.17) is 9.84 Å². The molecule has 1 aromatic carbocycles. The second kappa shape index (κ2) is 6.52. The van der Waals surface area contributed by atoms with E-state index in [-0.39, 0.29) is 0 Å². The van der Waals surface area contributed by atoms with Crippen LogP contribution in [0.15, 0.2) is 24.3 Å². The van der Waals surface area contributed by atoms with E-state index >= 15 is 0 Å². The molecule has 0 aromatic heterocycles. The van der Waals surface area contributed by atoms with Crippen LogP contribution >= 0.6 is 0 Å². The quantitative estimate of drug-likeness (QED) is 0.756. The highest BCUT2D eigenvalue weighted by Gasteiger charge is 2.14. The lowest BCUT2D eigenvalue weighted by Gasteiger charge is -2.08. The Morgan fingerprint density at radius 1 is 1.39 bits per heavy atom. The SMILES string of the molecule is O=C(O)c1ccc(CNCCC2CCOC2)cc1. The molecule has 0 spiro atoms. The van der Waals surface area contributed by atoms with E-state index in [0.717, 1.165) is 38.3 Å². The molecule has 0 bridgehead atoms. The number of aromatic carboxylic acids is 1. The summed E-state index contributed by atoms with van der Waals surface area (Å²) < 4.78 is 5.32. The van der Waals surface area contributed by atoms with E-state index in [2.05, 4.69) is 5.32 Å². The lowest BCUT2D eigenvalue weighted by atomic mass is 10.1. The number of hydrogen-bond acceptors (Lipinski definition) is 3. The molecule has 1 unspecified atom stereocenters. The zero-order valence-corrected chi connectivity index (χ0v) is 10.4. The minimum atomic E-state index is -0.879. The Balaban J connectivity index is 1.68. The van der Waals surface area contributed by atoms with E-state index in [1.807, 2.05) is 12.1 Å². The monoisotopic (exact) mass is 249 g/mol. The van der Waals surface area contributed by atoms with Crippen molar-refractivity contribution >= 4 is 5.97 Å². The van der Waals surface area contributed by atoms with Crippen LogP contribution in [0.1, 0.15) is 28.8 Å². The van der Waals surface area contributed by atoms with Crippen LogP contribution in [-0.4, -0.2) is 30.8 Å². The summed E-state index contributed by atoms with van der Waals surface area (Å²) in [5.74, 6) is -0.178. The third-order valence-electron chi connectivity index (χ3n) is 3.28. The van der Waals surface area contributed by atoms with Gasteiger partial charge in [-0.3, -0.25) is 0 Å². The molecule has 98 valence electrons. The first kappa shape index (κ1) is 13.1. The molecule has 1 fully saturated rings. The molecular weight excluding hydrogens is 230 g/mol. The highest BCUT2D eigenvalue weighted by molar-refractivity contribution is 5.87. The van der Waals surface area contributed by atoms with Crippen molar-refractivity contribution in [2.75, 3.05) is 19.8 Å². The van der Waals surface area contributed by atoms with Gasteiger partial charge in [0.15, 0.2) is 0 Å². The standard InChI is InChI=1S/C14H19NO3/c16-14(17)13-3-1-11(2-4-13)9-15-7-5-12-6-8-18-10-12/h1-4,12,15H,5-10H2,(H,16,17). The molecule has 1 aliphatic rings. The van der Waals surface area contributed by atoms with E-state index in [1.54, 1.807) is 12.1 Å². The fraction of sp³-hybridized carbons (Fsp3) is 0.500. The van der Waals surface area contributed by atoms with Gasteiger partial charge in [0.05, 0.1) is 5.56 Å². The Bertz CT molecular complexity index is 383. The highest BCUT2D eigenvalue weighted by atomic mass is 16.5. The number of carboxylic acids is 1. The molecule has 4 heteroatoms. The Kier molecular flexibility index (Phi) is 4.73. The minimum absolute atomic E-state index is 0.335. The Morgan fingerprint density at radius 2 is 2.17 bits per heavy atom. The third kappa shape index (κ3) is 3.82. The summed E-state index contributed by atoms with van der Waals surface area (Å²) in [6.07, 6.45) is 2.32. The van der Waals surface area contributed by atoms with Gasteiger partial charge in [-0.25, -0.2) is 4.79 Å². The van der Waals surface area contributed by atoms with Crippen molar-refractivity contribution in [3.63, 3.8) is 0 Å². The van der Waals surface area contributed by atoms with Crippen LogP contribution in [0.25, 0.3) is 0 Å². The fourth-order valence-electron chi connectivity index (χ4n) is 2.12. The molecule has 18 heavy (non-hydrogen) atoms. The van der Waals surface area contributed by atoms with Crippen LogP contribution in [-0.2, 0) is 11.3 Å². The summed E-state index contributed by atoms with van der Waals surface area (Å²) in [5, 5.41) is 12.2. The van der Waals surface area contributed by atoms with Crippen molar-refractivity contribution in [1.29, 1.82) is 0 Å². The lowest BCUT2D eigenvalue weighted by molar-refractivity contribution is 0.0697. The zero-order chi connectivity index (χ0) is 12.8. The van der Waals surface area contributed by atoms with Gasteiger partial charge >= 0.3 is 5.97 Å². The van der Waals surface area contributed by atoms with Crippen LogP contribution in [0.5, 0.6) is 0 Å². The van der Waals surface area contributed by atoms with Gasteiger partial charge in [-0.2, -0.15) is 0 Å². The second-order valence-corrected chi connectivity index (χ2v) is 4.70. The van der Waals surface area contributed by atoms with E-state index < -0.39 is 5.97 Å². The van der Waals surface area contributed by atoms with Crippen LogP contribution < -0.4 is 5.32 Å². The molecular formula is C14H19NO3. The molecule has 1 atom stereocenters. The second-order valence-electron chi connectivity index (χ2n) is 4.70.